The second kappa shape index (κ2) is 5.80. The van der Waals surface area contributed by atoms with Gasteiger partial charge in [0, 0.05) is 0 Å². The lowest BCUT2D eigenvalue weighted by Gasteiger charge is -2.07. The minimum atomic E-state index is -1.71. The number of carbonyl (C=O) groups is 3. The number of aldehydes is 1. The number of aliphatic carboxylic acids is 1. The van der Waals surface area contributed by atoms with Crippen molar-refractivity contribution in [3.05, 3.63) is 23.7 Å². The van der Waals surface area contributed by atoms with E-state index in [1.165, 1.54) is 12.1 Å². The van der Waals surface area contributed by atoms with Crippen LogP contribution in [0.25, 0.3) is 0 Å². The largest absolute Gasteiger partial charge is 0.481 e. The summed E-state index contributed by atoms with van der Waals surface area (Å²) in [6, 6.07) is 2.82. The zero-order valence-corrected chi connectivity index (χ0v) is 8.66. The zero-order chi connectivity index (χ0) is 12.8. The van der Waals surface area contributed by atoms with E-state index in [0.717, 1.165) is 0 Å². The molecule has 2 N–H and O–H groups in total. The summed E-state index contributed by atoms with van der Waals surface area (Å²) in [6.45, 7) is -0.274. The maximum Gasteiger partial charge on any atom is 0.336 e. The molecule has 0 fully saturated rings. The predicted molar refractivity (Wildman–Crippen MR) is 52.2 cm³/mol. The van der Waals surface area contributed by atoms with Crippen LogP contribution >= 0.6 is 0 Å². The lowest BCUT2D eigenvalue weighted by atomic mass is 10.2. The molecule has 1 aromatic heterocycles. The van der Waals surface area contributed by atoms with E-state index < -0.39 is 24.5 Å². The fraction of sp³-hybridized carbons (Fsp3) is 0.300. The van der Waals surface area contributed by atoms with E-state index >= 15 is 0 Å². The van der Waals surface area contributed by atoms with Crippen LogP contribution < -0.4 is 0 Å². The van der Waals surface area contributed by atoms with E-state index in [1.807, 2.05) is 0 Å². The van der Waals surface area contributed by atoms with Gasteiger partial charge >= 0.3 is 11.9 Å². The molecule has 1 heterocycles. The molecule has 0 saturated heterocycles. The maximum absolute atomic E-state index is 11.1. The number of carboxylic acid groups (broad SMARTS) is 1. The van der Waals surface area contributed by atoms with Crippen LogP contribution in [0, 0.1) is 0 Å². The number of aliphatic hydroxyl groups excluding tert-OH is 1. The first-order valence-electron chi connectivity index (χ1n) is 4.63. The van der Waals surface area contributed by atoms with Crippen molar-refractivity contribution in [1.29, 1.82) is 0 Å². The lowest BCUT2D eigenvalue weighted by molar-refractivity contribution is -0.159. The molecule has 0 aliphatic carbocycles. The van der Waals surface area contributed by atoms with Crippen LogP contribution in [0.1, 0.15) is 22.7 Å². The standard InChI is InChI=1S/C10H10O7/c11-4-6-1-2-7(17-6)5-16-10(15)8(12)3-9(13)14/h1-2,4,8,12H,3,5H2,(H,13,14)/t8-/m0/s1. The third-order valence-corrected chi connectivity index (χ3v) is 1.80. The monoisotopic (exact) mass is 242 g/mol. The van der Waals surface area contributed by atoms with Crippen LogP contribution in [0.15, 0.2) is 16.5 Å². The highest BCUT2D eigenvalue weighted by atomic mass is 16.6. The van der Waals surface area contributed by atoms with Gasteiger partial charge in [0.15, 0.2) is 18.2 Å². The van der Waals surface area contributed by atoms with Crippen LogP contribution in [0.3, 0.4) is 0 Å². The molecular weight excluding hydrogens is 232 g/mol. The molecule has 0 aliphatic rings. The summed E-state index contributed by atoms with van der Waals surface area (Å²) in [6.07, 6.45) is -1.95. The van der Waals surface area contributed by atoms with Crippen molar-refractivity contribution < 1.29 is 33.8 Å². The first-order valence-corrected chi connectivity index (χ1v) is 4.63. The Morgan fingerprint density at radius 1 is 1.47 bits per heavy atom. The van der Waals surface area contributed by atoms with Crippen molar-refractivity contribution in [2.24, 2.45) is 0 Å². The van der Waals surface area contributed by atoms with Crippen LogP contribution in [-0.2, 0) is 20.9 Å². The molecule has 1 aromatic rings. The zero-order valence-electron chi connectivity index (χ0n) is 8.66. The Kier molecular flexibility index (Phi) is 4.41. The average molecular weight is 242 g/mol. The molecule has 0 radical (unpaired) electrons. The van der Waals surface area contributed by atoms with Crippen molar-refractivity contribution in [3.8, 4) is 0 Å². The normalized spacial score (nSPS) is 11.8. The fourth-order valence-corrected chi connectivity index (χ4v) is 1.02. The van der Waals surface area contributed by atoms with Gasteiger partial charge in [-0.2, -0.15) is 0 Å². The second-order valence-electron chi connectivity index (χ2n) is 3.14. The topological polar surface area (TPSA) is 114 Å². The second-order valence-corrected chi connectivity index (χ2v) is 3.14. The summed E-state index contributed by atoms with van der Waals surface area (Å²) < 4.78 is 9.49. The number of rotatable bonds is 6. The van der Waals surface area contributed by atoms with Crippen molar-refractivity contribution in [2.45, 2.75) is 19.1 Å². The minimum Gasteiger partial charge on any atom is -0.481 e. The van der Waals surface area contributed by atoms with Crippen molar-refractivity contribution in [3.63, 3.8) is 0 Å². The van der Waals surface area contributed by atoms with Gasteiger partial charge in [0.2, 0.25) is 0 Å². The van der Waals surface area contributed by atoms with Gasteiger partial charge in [0.25, 0.3) is 0 Å². The van der Waals surface area contributed by atoms with Crippen molar-refractivity contribution in [2.75, 3.05) is 0 Å². The van der Waals surface area contributed by atoms with Gasteiger partial charge in [-0.3, -0.25) is 9.59 Å². The number of hydrogen-bond acceptors (Lipinski definition) is 6. The molecule has 17 heavy (non-hydrogen) atoms. The smallest absolute Gasteiger partial charge is 0.336 e. The Hall–Kier alpha value is -2.15. The lowest BCUT2D eigenvalue weighted by Crippen LogP contribution is -2.25. The number of carbonyl (C=O) groups excluding carboxylic acids is 2. The maximum atomic E-state index is 11.1. The molecule has 7 heteroatoms. The highest BCUT2D eigenvalue weighted by molar-refractivity contribution is 5.80. The summed E-state index contributed by atoms with van der Waals surface area (Å²) in [7, 11) is 0. The summed E-state index contributed by atoms with van der Waals surface area (Å²) in [5.41, 5.74) is 0. The van der Waals surface area contributed by atoms with Crippen LogP contribution in [0.4, 0.5) is 0 Å². The summed E-state index contributed by atoms with van der Waals surface area (Å²) in [5.74, 6) is -2.06. The van der Waals surface area contributed by atoms with E-state index in [4.69, 9.17) is 14.6 Å². The van der Waals surface area contributed by atoms with Gasteiger partial charge in [0.05, 0.1) is 6.42 Å². The van der Waals surface area contributed by atoms with Crippen molar-refractivity contribution >= 4 is 18.2 Å². The third kappa shape index (κ3) is 4.07. The molecule has 0 aromatic carbocycles. The van der Waals surface area contributed by atoms with Gasteiger partial charge < -0.3 is 19.4 Å². The Labute approximate surface area is 95.6 Å². The summed E-state index contributed by atoms with van der Waals surface area (Å²) in [4.78, 5) is 31.6. The highest BCUT2D eigenvalue weighted by Gasteiger charge is 2.20. The van der Waals surface area contributed by atoms with Crippen LogP contribution in [0.2, 0.25) is 0 Å². The van der Waals surface area contributed by atoms with Crippen LogP contribution in [0.5, 0.6) is 0 Å². The number of esters is 1. The molecule has 7 nitrogen and oxygen atoms in total. The Bertz CT molecular complexity index is 420. The van der Waals surface area contributed by atoms with E-state index in [2.05, 4.69) is 4.74 Å². The molecule has 0 saturated carbocycles. The number of aliphatic hydroxyl groups is 1. The number of ether oxygens (including phenoxy) is 1. The van der Waals surface area contributed by atoms with E-state index in [1.54, 1.807) is 0 Å². The van der Waals surface area contributed by atoms with E-state index in [-0.39, 0.29) is 18.1 Å². The van der Waals surface area contributed by atoms with Gasteiger partial charge in [-0.15, -0.1) is 0 Å². The van der Waals surface area contributed by atoms with Gasteiger partial charge in [-0.05, 0) is 12.1 Å². The van der Waals surface area contributed by atoms with Crippen molar-refractivity contribution in [1.82, 2.24) is 0 Å². The highest BCUT2D eigenvalue weighted by Crippen LogP contribution is 2.08. The quantitative estimate of drug-likeness (QED) is 0.531. The SMILES string of the molecule is O=Cc1ccc(COC(=O)[C@@H](O)CC(=O)O)o1. The third-order valence-electron chi connectivity index (χ3n) is 1.80. The number of furan rings is 1. The molecule has 92 valence electrons. The summed E-state index contributed by atoms with van der Waals surface area (Å²) in [5, 5.41) is 17.4. The predicted octanol–water partition coefficient (Wildman–Crippen LogP) is -0.0291. The van der Waals surface area contributed by atoms with Crippen LogP contribution in [-0.4, -0.2) is 34.5 Å². The number of carboxylic acids is 1. The summed E-state index contributed by atoms with van der Waals surface area (Å²) >= 11 is 0. The molecule has 1 atom stereocenters. The first-order chi connectivity index (χ1) is 8.02. The molecule has 0 amide bonds. The van der Waals surface area contributed by atoms with E-state index in [9.17, 15) is 14.4 Å². The number of hydrogen-bond donors (Lipinski definition) is 2. The van der Waals surface area contributed by atoms with Gasteiger partial charge in [-0.1, -0.05) is 0 Å². The Balaban J connectivity index is 2.42. The fourth-order valence-electron chi connectivity index (χ4n) is 1.02. The van der Waals surface area contributed by atoms with Gasteiger partial charge in [0.1, 0.15) is 12.4 Å². The van der Waals surface area contributed by atoms with E-state index in [0.29, 0.717) is 6.29 Å². The molecule has 0 aliphatic heterocycles. The first kappa shape index (κ1) is 12.9. The average Bonchev–Trinajstić information content (AvgIpc) is 2.72. The molecule has 0 bridgehead atoms. The molecular formula is C10H10O7. The molecule has 0 spiro atoms. The Morgan fingerprint density at radius 3 is 2.71 bits per heavy atom. The molecule has 1 rings (SSSR count). The Morgan fingerprint density at radius 2 is 2.18 bits per heavy atom. The molecule has 0 unspecified atom stereocenters. The minimum absolute atomic E-state index is 0.0853. The van der Waals surface area contributed by atoms with Gasteiger partial charge in [-0.25, -0.2) is 4.79 Å².